The molecule has 2 aliphatic rings. The van der Waals surface area contributed by atoms with Gasteiger partial charge in [0.1, 0.15) is 36.5 Å². The van der Waals surface area contributed by atoms with Gasteiger partial charge in [-0.1, -0.05) is 58.7 Å². The summed E-state index contributed by atoms with van der Waals surface area (Å²) < 4.78 is 5.19. The lowest BCUT2D eigenvalue weighted by atomic mass is 10.0. The number of aliphatic carboxylic acids is 1. The zero-order chi connectivity index (χ0) is 32.1. The first-order valence-electron chi connectivity index (χ1n) is 13.0. The summed E-state index contributed by atoms with van der Waals surface area (Å²) in [6.07, 6.45) is -0.736. The average molecular weight is 709 g/mol. The van der Waals surface area contributed by atoms with Crippen LogP contribution in [0.2, 0.25) is 10.0 Å². The summed E-state index contributed by atoms with van der Waals surface area (Å²) in [4.78, 5) is 61.8. The molecule has 1 fully saturated rings. The summed E-state index contributed by atoms with van der Waals surface area (Å²) >= 11 is 15.9. The standard InChI is InChI=1S/C28H23Cl2N5O7S3/c1-41-34-20(18-13-45-27(31-18)33-28(40)42-10-14-5-3-2-4-6-14)23(36)32-21-24(37)35-22(26(38)39)15(12-44-25(21)35)11-43-19-8-7-16(29)9-17(19)30/h2-9,13,21,25H,10-12H2,1H3,(H,32,36)(H,38,39)(H,31,33,40)/b34-20-/t21?,25-/m1/s1. The maximum atomic E-state index is 13.2. The zero-order valence-electron chi connectivity index (χ0n) is 23.2. The van der Waals surface area contributed by atoms with Gasteiger partial charge in [0.25, 0.3) is 11.8 Å². The number of nitrogens with zero attached hydrogens (tertiary/aromatic N) is 3. The second-order valence-electron chi connectivity index (χ2n) is 9.33. The fourth-order valence-electron chi connectivity index (χ4n) is 4.34. The molecule has 1 aromatic heterocycles. The van der Waals surface area contributed by atoms with Crippen LogP contribution in [0.5, 0.6) is 0 Å². The van der Waals surface area contributed by atoms with Gasteiger partial charge >= 0.3 is 12.1 Å². The van der Waals surface area contributed by atoms with Crippen LogP contribution in [-0.2, 0) is 30.6 Å². The molecule has 234 valence electrons. The molecular formula is C28H23Cl2N5O7S3. The SMILES string of the molecule is CO/N=C(\C(=O)NC1C(=O)N2C(C(=O)O)=C(CSc3ccc(Cl)cc3Cl)CS[C@H]12)c1csc(NC(=O)OCc2ccccc2)n1. The van der Waals surface area contributed by atoms with Crippen LogP contribution in [0, 0.1) is 0 Å². The van der Waals surface area contributed by atoms with Crippen LogP contribution in [0.25, 0.3) is 0 Å². The number of nitrogens with one attached hydrogen (secondary N) is 2. The molecule has 3 N–H and O–H groups in total. The third-order valence-corrected chi connectivity index (χ3v) is 10.3. The van der Waals surface area contributed by atoms with E-state index in [-0.39, 0.29) is 34.6 Å². The molecule has 2 aromatic carbocycles. The number of carboxylic acids is 1. The summed E-state index contributed by atoms with van der Waals surface area (Å²) in [6.45, 7) is 0.0606. The summed E-state index contributed by atoms with van der Waals surface area (Å²) in [6, 6.07) is 13.1. The molecule has 45 heavy (non-hydrogen) atoms. The van der Waals surface area contributed by atoms with Crippen molar-refractivity contribution in [1.82, 2.24) is 15.2 Å². The van der Waals surface area contributed by atoms with Crippen molar-refractivity contribution in [2.75, 3.05) is 23.9 Å². The second kappa shape index (κ2) is 14.6. The summed E-state index contributed by atoms with van der Waals surface area (Å²) in [5, 5.41) is 20.8. The molecule has 0 radical (unpaired) electrons. The Morgan fingerprint density at radius 1 is 1.20 bits per heavy atom. The van der Waals surface area contributed by atoms with Crippen molar-refractivity contribution in [1.29, 1.82) is 0 Å². The number of thioether (sulfide) groups is 2. The van der Waals surface area contributed by atoms with Crippen LogP contribution in [0.1, 0.15) is 11.3 Å². The van der Waals surface area contributed by atoms with E-state index in [1.54, 1.807) is 18.2 Å². The van der Waals surface area contributed by atoms with Crippen molar-refractivity contribution >= 4 is 92.8 Å². The van der Waals surface area contributed by atoms with E-state index in [1.807, 2.05) is 30.3 Å². The Labute approximate surface area is 279 Å². The maximum Gasteiger partial charge on any atom is 0.413 e. The lowest BCUT2D eigenvalue weighted by Crippen LogP contribution is -2.71. The Balaban J connectivity index is 1.22. The number of benzene rings is 2. The number of halogens is 2. The van der Waals surface area contributed by atoms with Crippen LogP contribution in [0.15, 0.2) is 75.2 Å². The van der Waals surface area contributed by atoms with Crippen LogP contribution in [0.3, 0.4) is 0 Å². The minimum Gasteiger partial charge on any atom is -0.477 e. The molecule has 3 aromatic rings. The molecule has 2 atom stereocenters. The highest BCUT2D eigenvalue weighted by Crippen LogP contribution is 2.42. The van der Waals surface area contributed by atoms with Gasteiger partial charge in [-0.2, -0.15) is 0 Å². The maximum absolute atomic E-state index is 13.2. The summed E-state index contributed by atoms with van der Waals surface area (Å²) in [7, 11) is 1.24. The van der Waals surface area contributed by atoms with E-state index in [9.17, 15) is 24.3 Å². The molecule has 3 heterocycles. The molecule has 0 spiro atoms. The number of β-lactam (4-membered cyclic amide) rings is 1. The second-order valence-corrected chi connectivity index (χ2v) is 13.2. The van der Waals surface area contributed by atoms with Crippen LogP contribution in [-0.4, -0.2) is 74.6 Å². The minimum absolute atomic E-state index is 0.0606. The molecule has 0 saturated carbocycles. The smallest absolute Gasteiger partial charge is 0.413 e. The molecule has 2 aliphatic heterocycles. The topological polar surface area (TPSA) is 160 Å². The van der Waals surface area contributed by atoms with E-state index < -0.39 is 35.3 Å². The molecule has 1 unspecified atom stereocenters. The molecule has 0 aliphatic carbocycles. The average Bonchev–Trinajstić information content (AvgIpc) is 3.48. The van der Waals surface area contributed by atoms with Gasteiger partial charge < -0.3 is 20.0 Å². The highest BCUT2D eigenvalue weighted by atomic mass is 35.5. The molecule has 5 rings (SSSR count). The first-order chi connectivity index (χ1) is 21.7. The normalized spacial score (nSPS) is 17.7. The van der Waals surface area contributed by atoms with E-state index in [4.69, 9.17) is 32.8 Å². The van der Waals surface area contributed by atoms with E-state index in [0.717, 1.165) is 21.8 Å². The van der Waals surface area contributed by atoms with Gasteiger partial charge in [-0.15, -0.1) is 34.9 Å². The summed E-state index contributed by atoms with van der Waals surface area (Å²) in [5.74, 6) is -1.99. The van der Waals surface area contributed by atoms with Gasteiger partial charge in [-0.25, -0.2) is 14.6 Å². The number of anilines is 1. The molecule has 0 bridgehead atoms. The number of carboxylic acid groups (broad SMARTS) is 1. The Morgan fingerprint density at radius 3 is 2.69 bits per heavy atom. The number of carbonyl (C=O) groups excluding carboxylic acids is 3. The number of hydrogen-bond acceptors (Lipinski definition) is 11. The van der Waals surface area contributed by atoms with Crippen molar-refractivity contribution in [3.63, 3.8) is 0 Å². The monoisotopic (exact) mass is 707 g/mol. The van der Waals surface area contributed by atoms with Gasteiger partial charge in [0.15, 0.2) is 10.8 Å². The number of oxime groups is 1. The van der Waals surface area contributed by atoms with Crippen LogP contribution in [0.4, 0.5) is 9.93 Å². The quantitative estimate of drug-likeness (QED) is 0.106. The lowest BCUT2D eigenvalue weighted by Gasteiger charge is -2.49. The number of amides is 3. The number of carbonyl (C=O) groups is 4. The van der Waals surface area contributed by atoms with Crippen molar-refractivity contribution in [3.8, 4) is 0 Å². The first-order valence-corrected chi connectivity index (χ1v) is 16.7. The van der Waals surface area contributed by atoms with E-state index >= 15 is 0 Å². The highest BCUT2D eigenvalue weighted by Gasteiger charge is 2.54. The summed E-state index contributed by atoms with van der Waals surface area (Å²) in [5.41, 5.74) is 1.08. The number of aromatic nitrogens is 1. The van der Waals surface area contributed by atoms with Gasteiger partial charge in [0.05, 0.1) is 5.02 Å². The van der Waals surface area contributed by atoms with Crippen molar-refractivity contribution < 1.29 is 33.9 Å². The third kappa shape index (κ3) is 7.56. The first kappa shape index (κ1) is 32.6. The van der Waals surface area contributed by atoms with Crippen molar-refractivity contribution in [2.45, 2.75) is 22.9 Å². The molecule has 3 amide bonds. The van der Waals surface area contributed by atoms with Gasteiger partial charge in [0.2, 0.25) is 0 Å². The lowest BCUT2D eigenvalue weighted by molar-refractivity contribution is -0.150. The minimum atomic E-state index is -1.25. The van der Waals surface area contributed by atoms with Crippen molar-refractivity contribution in [3.05, 3.63) is 86.5 Å². The molecule has 12 nitrogen and oxygen atoms in total. The Hall–Kier alpha value is -3.76. The fraction of sp³-hybridized carbons (Fsp3) is 0.214. The van der Waals surface area contributed by atoms with E-state index in [1.165, 1.54) is 40.9 Å². The molecular weight excluding hydrogens is 685 g/mol. The van der Waals surface area contributed by atoms with Crippen molar-refractivity contribution in [2.24, 2.45) is 5.16 Å². The predicted octanol–water partition coefficient (Wildman–Crippen LogP) is 5.08. The predicted molar refractivity (Wildman–Crippen MR) is 173 cm³/mol. The molecule has 1 saturated heterocycles. The van der Waals surface area contributed by atoms with Crippen LogP contribution >= 0.6 is 58.1 Å². The number of hydrogen-bond donors (Lipinski definition) is 3. The molecule has 17 heteroatoms. The Morgan fingerprint density at radius 2 is 1.98 bits per heavy atom. The fourth-order valence-corrected chi connectivity index (χ4v) is 8.00. The third-order valence-electron chi connectivity index (χ3n) is 6.40. The van der Waals surface area contributed by atoms with E-state index in [2.05, 4.69) is 20.8 Å². The van der Waals surface area contributed by atoms with E-state index in [0.29, 0.717) is 21.4 Å². The highest BCUT2D eigenvalue weighted by molar-refractivity contribution is 8.01. The number of fused-ring (bicyclic) bond motifs is 1. The number of ether oxygens (including phenoxy) is 1. The zero-order valence-corrected chi connectivity index (χ0v) is 27.2. The van der Waals surface area contributed by atoms with Gasteiger partial charge in [-0.05, 0) is 29.3 Å². The Bertz CT molecular complexity index is 1700. The Kier molecular flexibility index (Phi) is 10.6. The largest absolute Gasteiger partial charge is 0.477 e. The van der Waals surface area contributed by atoms with Crippen LogP contribution < -0.4 is 10.6 Å². The van der Waals surface area contributed by atoms with Gasteiger partial charge in [-0.3, -0.25) is 19.8 Å². The van der Waals surface area contributed by atoms with Gasteiger partial charge in [0, 0.05) is 26.8 Å². The number of rotatable bonds is 11. The number of thiazole rings is 1.